The Balaban J connectivity index is 1.65. The molecule has 1 unspecified atom stereocenters. The van der Waals surface area contributed by atoms with Crippen LogP contribution in [0.15, 0.2) is 17.5 Å². The molecular formula is C23H27ClN4OS. The minimum absolute atomic E-state index is 0.0915. The van der Waals surface area contributed by atoms with Crippen LogP contribution >= 0.6 is 22.9 Å². The lowest BCUT2D eigenvalue weighted by Gasteiger charge is -2.25. The molecule has 0 N–H and O–H groups in total. The number of halogens is 1. The lowest BCUT2D eigenvalue weighted by Crippen LogP contribution is -2.19. The molecule has 0 radical (unpaired) electrons. The third-order valence-electron chi connectivity index (χ3n) is 5.29. The fourth-order valence-electron chi connectivity index (χ4n) is 3.73. The van der Waals surface area contributed by atoms with Gasteiger partial charge in [-0.3, -0.25) is 4.57 Å². The highest BCUT2D eigenvalue weighted by Crippen LogP contribution is 2.35. The number of fused-ring (bicyclic) bond motifs is 1. The Bertz CT molecular complexity index is 1030. The molecule has 0 bridgehead atoms. The molecular weight excluding hydrogens is 416 g/mol. The average Bonchev–Trinajstić information content (AvgIpc) is 3.42. The van der Waals surface area contributed by atoms with Crippen LogP contribution in [0, 0.1) is 11.8 Å². The van der Waals surface area contributed by atoms with Gasteiger partial charge in [0.15, 0.2) is 16.6 Å². The highest BCUT2D eigenvalue weighted by molar-refractivity contribution is 7.13. The largest absolute Gasteiger partial charge is 0.358 e. The molecule has 0 saturated carbocycles. The summed E-state index contributed by atoms with van der Waals surface area (Å²) in [6, 6.07) is 4.09. The standard InChI is InChI=1S/C23H27ClN4OS/c1-2-3-4-5-6-7-8-13-18-25-21(24)20-23(26-18)28(19-14-9-10-15-29-19)22(27-20)17-12-11-16-30-17/h11-12,16,19H,2-7,9-10,14-15H2,1H3. The number of imidazole rings is 1. The van der Waals surface area contributed by atoms with Crippen molar-refractivity contribution in [2.45, 2.75) is 70.9 Å². The maximum atomic E-state index is 6.51. The van der Waals surface area contributed by atoms with Crippen LogP contribution in [0.1, 0.15) is 76.8 Å². The van der Waals surface area contributed by atoms with Gasteiger partial charge in [-0.2, -0.15) is 0 Å². The topological polar surface area (TPSA) is 52.8 Å². The first kappa shape index (κ1) is 21.3. The first-order chi connectivity index (χ1) is 14.8. The van der Waals surface area contributed by atoms with Gasteiger partial charge in [0.05, 0.1) is 4.88 Å². The van der Waals surface area contributed by atoms with E-state index in [1.807, 2.05) is 11.4 Å². The molecule has 30 heavy (non-hydrogen) atoms. The quantitative estimate of drug-likeness (QED) is 0.234. The molecule has 1 fully saturated rings. The first-order valence-electron chi connectivity index (χ1n) is 10.9. The summed E-state index contributed by atoms with van der Waals surface area (Å²) < 4.78 is 8.17. The second-order valence-electron chi connectivity index (χ2n) is 7.58. The molecule has 1 aliphatic heterocycles. The van der Waals surface area contributed by atoms with Gasteiger partial charge in [0.25, 0.3) is 0 Å². The van der Waals surface area contributed by atoms with Crippen LogP contribution in [0.25, 0.3) is 21.9 Å². The third-order valence-corrected chi connectivity index (χ3v) is 6.42. The minimum atomic E-state index is -0.0915. The summed E-state index contributed by atoms with van der Waals surface area (Å²) >= 11 is 8.16. The Kier molecular flexibility index (Phi) is 7.37. The molecule has 0 aliphatic carbocycles. The first-order valence-corrected chi connectivity index (χ1v) is 12.1. The predicted octanol–water partition coefficient (Wildman–Crippen LogP) is 6.62. The minimum Gasteiger partial charge on any atom is -0.358 e. The number of unbranched alkanes of at least 4 members (excludes halogenated alkanes) is 5. The molecule has 7 heteroatoms. The van der Waals surface area contributed by atoms with E-state index in [0.717, 1.165) is 49.4 Å². The average molecular weight is 443 g/mol. The van der Waals surface area contributed by atoms with E-state index in [4.69, 9.17) is 26.3 Å². The van der Waals surface area contributed by atoms with Gasteiger partial charge in [-0.1, -0.05) is 56.2 Å². The molecule has 1 atom stereocenters. The third kappa shape index (κ3) is 4.85. The molecule has 1 aliphatic rings. The summed E-state index contributed by atoms with van der Waals surface area (Å²) in [6.45, 7) is 2.97. The van der Waals surface area contributed by atoms with Gasteiger partial charge in [0.1, 0.15) is 11.7 Å². The van der Waals surface area contributed by atoms with Gasteiger partial charge >= 0.3 is 0 Å². The molecule has 4 heterocycles. The molecule has 5 nitrogen and oxygen atoms in total. The fourth-order valence-corrected chi connectivity index (χ4v) is 4.65. The van der Waals surface area contributed by atoms with Gasteiger partial charge in [0, 0.05) is 13.0 Å². The molecule has 158 valence electrons. The molecule has 0 aromatic carbocycles. The molecule has 0 amide bonds. The summed E-state index contributed by atoms with van der Waals surface area (Å²) in [5.74, 6) is 7.61. The fraction of sp³-hybridized carbons (Fsp3) is 0.522. The molecule has 4 rings (SSSR count). The van der Waals surface area contributed by atoms with Gasteiger partial charge < -0.3 is 4.74 Å². The monoisotopic (exact) mass is 442 g/mol. The summed E-state index contributed by atoms with van der Waals surface area (Å²) in [5, 5.41) is 2.39. The second-order valence-corrected chi connectivity index (χ2v) is 8.89. The molecule has 1 saturated heterocycles. The highest BCUT2D eigenvalue weighted by Gasteiger charge is 2.26. The summed E-state index contributed by atoms with van der Waals surface area (Å²) in [5.41, 5.74) is 1.32. The zero-order chi connectivity index (χ0) is 20.8. The van der Waals surface area contributed by atoms with Gasteiger partial charge in [-0.05, 0) is 43.1 Å². The van der Waals surface area contributed by atoms with E-state index in [2.05, 4.69) is 34.4 Å². The van der Waals surface area contributed by atoms with Crippen molar-refractivity contribution in [1.29, 1.82) is 0 Å². The summed E-state index contributed by atoms with van der Waals surface area (Å²) in [7, 11) is 0. The zero-order valence-electron chi connectivity index (χ0n) is 17.4. The van der Waals surface area contributed by atoms with E-state index in [-0.39, 0.29) is 6.23 Å². The molecule has 3 aromatic rings. The zero-order valence-corrected chi connectivity index (χ0v) is 18.9. The van der Waals surface area contributed by atoms with Crippen LogP contribution in [0.5, 0.6) is 0 Å². The van der Waals surface area contributed by atoms with E-state index >= 15 is 0 Å². The maximum Gasteiger partial charge on any atom is 0.208 e. The Hall–Kier alpha value is -1.94. The van der Waals surface area contributed by atoms with Crippen LogP contribution in [-0.4, -0.2) is 26.1 Å². The van der Waals surface area contributed by atoms with Gasteiger partial charge in [-0.25, -0.2) is 15.0 Å². The van der Waals surface area contributed by atoms with Crippen LogP contribution < -0.4 is 0 Å². The Labute approximate surface area is 186 Å². The van der Waals surface area contributed by atoms with Crippen molar-refractivity contribution in [3.63, 3.8) is 0 Å². The van der Waals surface area contributed by atoms with E-state index in [9.17, 15) is 0 Å². The van der Waals surface area contributed by atoms with Crippen molar-refractivity contribution in [2.24, 2.45) is 0 Å². The van der Waals surface area contributed by atoms with Crippen molar-refractivity contribution in [3.8, 4) is 22.5 Å². The number of rotatable bonds is 7. The number of aromatic nitrogens is 4. The van der Waals surface area contributed by atoms with E-state index in [1.54, 1.807) is 11.3 Å². The van der Waals surface area contributed by atoms with Crippen LogP contribution in [0.3, 0.4) is 0 Å². The normalized spacial score (nSPS) is 16.5. The van der Waals surface area contributed by atoms with Crippen molar-refractivity contribution in [1.82, 2.24) is 19.5 Å². The van der Waals surface area contributed by atoms with Crippen molar-refractivity contribution in [3.05, 3.63) is 28.5 Å². The lowest BCUT2D eigenvalue weighted by molar-refractivity contribution is -0.0287. The summed E-state index contributed by atoms with van der Waals surface area (Å²) in [4.78, 5) is 15.0. The van der Waals surface area contributed by atoms with Crippen molar-refractivity contribution in [2.75, 3.05) is 6.61 Å². The number of thiophene rings is 1. The second kappa shape index (κ2) is 10.4. The smallest absolute Gasteiger partial charge is 0.208 e. The number of ether oxygens (including phenoxy) is 1. The Morgan fingerprint density at radius 2 is 2.10 bits per heavy atom. The predicted molar refractivity (Wildman–Crippen MR) is 123 cm³/mol. The number of hydrogen-bond acceptors (Lipinski definition) is 5. The van der Waals surface area contributed by atoms with Crippen molar-refractivity contribution >= 4 is 34.1 Å². The van der Waals surface area contributed by atoms with Crippen LogP contribution in [0.4, 0.5) is 0 Å². The van der Waals surface area contributed by atoms with Crippen LogP contribution in [0.2, 0.25) is 5.15 Å². The van der Waals surface area contributed by atoms with Gasteiger partial charge in [0.2, 0.25) is 5.82 Å². The number of hydrogen-bond donors (Lipinski definition) is 0. The van der Waals surface area contributed by atoms with E-state index in [0.29, 0.717) is 22.1 Å². The van der Waals surface area contributed by atoms with E-state index < -0.39 is 0 Å². The molecule has 3 aromatic heterocycles. The SMILES string of the molecule is CCCCCCCC#Cc1nc(Cl)c2nc(-c3cccs3)n(C3CCCCO3)c2n1. The van der Waals surface area contributed by atoms with Crippen LogP contribution in [-0.2, 0) is 4.74 Å². The summed E-state index contributed by atoms with van der Waals surface area (Å²) in [6.07, 6.45) is 10.1. The lowest BCUT2D eigenvalue weighted by atomic mass is 10.1. The maximum absolute atomic E-state index is 6.51. The van der Waals surface area contributed by atoms with E-state index in [1.165, 1.54) is 25.7 Å². The van der Waals surface area contributed by atoms with Gasteiger partial charge in [-0.15, -0.1) is 11.3 Å². The Morgan fingerprint density at radius 3 is 2.87 bits per heavy atom. The Morgan fingerprint density at radius 1 is 1.20 bits per heavy atom. The highest BCUT2D eigenvalue weighted by atomic mass is 35.5. The van der Waals surface area contributed by atoms with Crippen molar-refractivity contribution < 1.29 is 4.74 Å². The molecule has 0 spiro atoms. The number of nitrogens with zero attached hydrogens (tertiary/aromatic N) is 4.